The van der Waals surface area contributed by atoms with Crippen LogP contribution in [0.4, 0.5) is 15.6 Å². The van der Waals surface area contributed by atoms with Crippen LogP contribution >= 0.6 is 22.9 Å². The molecule has 0 saturated carbocycles. The average molecular weight is 343 g/mol. The topological polar surface area (TPSA) is 77.8 Å². The molecule has 0 unspecified atom stereocenters. The van der Waals surface area contributed by atoms with E-state index in [2.05, 4.69) is 15.6 Å². The Bertz CT molecular complexity index is 945. The van der Waals surface area contributed by atoms with Crippen LogP contribution in [0.1, 0.15) is 11.1 Å². The lowest BCUT2D eigenvalue weighted by molar-refractivity contribution is 0.262. The minimum atomic E-state index is -0.438. The summed E-state index contributed by atoms with van der Waals surface area (Å²) < 4.78 is 1.01. The van der Waals surface area contributed by atoms with E-state index in [0.29, 0.717) is 21.4 Å². The number of amides is 2. The lowest BCUT2D eigenvalue weighted by Crippen LogP contribution is -2.19. The number of nitrogens with zero attached hydrogens (tertiary/aromatic N) is 2. The zero-order valence-corrected chi connectivity index (χ0v) is 13.6. The molecule has 114 valence electrons. The van der Waals surface area contributed by atoms with Gasteiger partial charge in [0, 0.05) is 0 Å². The summed E-state index contributed by atoms with van der Waals surface area (Å²) in [6, 6.07) is 12.1. The van der Waals surface area contributed by atoms with E-state index in [1.165, 1.54) is 17.4 Å². The van der Waals surface area contributed by atoms with Gasteiger partial charge in [-0.2, -0.15) is 5.26 Å². The normalized spacial score (nSPS) is 10.3. The monoisotopic (exact) mass is 342 g/mol. The van der Waals surface area contributed by atoms with Crippen molar-refractivity contribution in [2.45, 2.75) is 6.92 Å². The number of halogens is 1. The maximum atomic E-state index is 12.1. The van der Waals surface area contributed by atoms with Crippen molar-refractivity contribution in [2.24, 2.45) is 0 Å². The van der Waals surface area contributed by atoms with Crippen LogP contribution in [-0.4, -0.2) is 11.0 Å². The van der Waals surface area contributed by atoms with E-state index >= 15 is 0 Å². The summed E-state index contributed by atoms with van der Waals surface area (Å²) in [6.07, 6.45) is 0. The summed E-state index contributed by atoms with van der Waals surface area (Å²) in [7, 11) is 0. The van der Waals surface area contributed by atoms with E-state index < -0.39 is 6.03 Å². The molecule has 2 aromatic carbocycles. The molecule has 0 fully saturated rings. The Labute approximate surface area is 141 Å². The van der Waals surface area contributed by atoms with Gasteiger partial charge in [-0.1, -0.05) is 29.0 Å². The first-order chi connectivity index (χ1) is 11.0. The molecular weight excluding hydrogens is 332 g/mol. The van der Waals surface area contributed by atoms with Crippen LogP contribution in [0.2, 0.25) is 5.02 Å². The van der Waals surface area contributed by atoms with E-state index in [9.17, 15) is 4.79 Å². The summed E-state index contributed by atoms with van der Waals surface area (Å²) in [5, 5.41) is 14.9. The van der Waals surface area contributed by atoms with Crippen molar-refractivity contribution in [3.05, 3.63) is 52.5 Å². The number of aryl methyl sites for hydroxylation is 1. The van der Waals surface area contributed by atoms with Gasteiger partial charge < -0.3 is 5.32 Å². The molecular formula is C16H11ClN4OS. The van der Waals surface area contributed by atoms with Crippen molar-refractivity contribution >= 4 is 50.0 Å². The highest BCUT2D eigenvalue weighted by atomic mass is 35.5. The molecule has 0 atom stereocenters. The summed E-state index contributed by atoms with van der Waals surface area (Å²) >= 11 is 7.43. The van der Waals surface area contributed by atoms with Crippen molar-refractivity contribution in [2.75, 3.05) is 10.6 Å². The minimum absolute atomic E-state index is 0.305. The first kappa shape index (κ1) is 15.3. The number of anilines is 2. The van der Waals surface area contributed by atoms with Gasteiger partial charge in [-0.05, 0) is 42.8 Å². The van der Waals surface area contributed by atoms with Crippen LogP contribution in [0.5, 0.6) is 0 Å². The van der Waals surface area contributed by atoms with Gasteiger partial charge in [-0.15, -0.1) is 0 Å². The lowest BCUT2D eigenvalue weighted by atomic mass is 10.2. The number of rotatable bonds is 2. The highest BCUT2D eigenvalue weighted by Gasteiger charge is 2.10. The van der Waals surface area contributed by atoms with Crippen molar-refractivity contribution in [3.8, 4) is 6.07 Å². The molecule has 0 saturated heterocycles. The molecule has 7 heteroatoms. The standard InChI is InChI=1S/C16H11ClN4OS/c1-9-2-4-13-14(6-9)23-16(20-13)21-15(22)19-12-5-3-10(8-18)7-11(12)17/h2-7H,1H3,(H2,19,20,21,22). The van der Waals surface area contributed by atoms with Crippen LogP contribution in [0.3, 0.4) is 0 Å². The molecule has 0 bridgehead atoms. The fraction of sp³-hybridized carbons (Fsp3) is 0.0625. The molecule has 2 N–H and O–H groups in total. The van der Waals surface area contributed by atoms with Gasteiger partial charge in [0.2, 0.25) is 0 Å². The highest BCUT2D eigenvalue weighted by molar-refractivity contribution is 7.22. The first-order valence-electron chi connectivity index (χ1n) is 6.70. The fourth-order valence-corrected chi connectivity index (χ4v) is 3.21. The van der Waals surface area contributed by atoms with Crippen LogP contribution in [0.15, 0.2) is 36.4 Å². The Kier molecular flexibility index (Phi) is 4.15. The van der Waals surface area contributed by atoms with Crippen molar-refractivity contribution in [1.82, 2.24) is 4.98 Å². The van der Waals surface area contributed by atoms with E-state index in [1.807, 2.05) is 31.2 Å². The number of nitrogens with one attached hydrogen (secondary N) is 2. The van der Waals surface area contributed by atoms with Gasteiger partial charge in [-0.25, -0.2) is 9.78 Å². The number of nitriles is 1. The highest BCUT2D eigenvalue weighted by Crippen LogP contribution is 2.27. The average Bonchev–Trinajstić information content (AvgIpc) is 2.90. The molecule has 1 heterocycles. The Morgan fingerprint density at radius 1 is 1.26 bits per heavy atom. The number of carbonyl (C=O) groups is 1. The van der Waals surface area contributed by atoms with E-state index in [1.54, 1.807) is 12.1 Å². The predicted octanol–water partition coefficient (Wildman–Crippen LogP) is 4.77. The zero-order chi connectivity index (χ0) is 16.4. The number of urea groups is 1. The molecule has 1 aromatic heterocycles. The first-order valence-corrected chi connectivity index (χ1v) is 7.89. The van der Waals surface area contributed by atoms with Crippen LogP contribution in [0.25, 0.3) is 10.2 Å². The SMILES string of the molecule is Cc1ccc2nc(NC(=O)Nc3ccc(C#N)cc3Cl)sc2c1. The van der Waals surface area contributed by atoms with Crippen molar-refractivity contribution in [3.63, 3.8) is 0 Å². The smallest absolute Gasteiger partial charge is 0.306 e. The zero-order valence-electron chi connectivity index (χ0n) is 12.1. The summed E-state index contributed by atoms with van der Waals surface area (Å²) in [4.78, 5) is 16.4. The molecule has 0 radical (unpaired) electrons. The second-order valence-corrected chi connectivity index (χ2v) is 6.31. The van der Waals surface area contributed by atoms with E-state index in [-0.39, 0.29) is 0 Å². The number of hydrogen-bond donors (Lipinski definition) is 2. The minimum Gasteiger partial charge on any atom is -0.306 e. The van der Waals surface area contributed by atoms with Crippen molar-refractivity contribution < 1.29 is 4.79 Å². The van der Waals surface area contributed by atoms with Crippen LogP contribution < -0.4 is 10.6 Å². The molecule has 23 heavy (non-hydrogen) atoms. The van der Waals surface area contributed by atoms with Gasteiger partial charge in [0.25, 0.3) is 0 Å². The van der Waals surface area contributed by atoms with Crippen LogP contribution in [0, 0.1) is 18.3 Å². The molecule has 2 amide bonds. The van der Waals surface area contributed by atoms with E-state index in [0.717, 1.165) is 15.8 Å². The van der Waals surface area contributed by atoms with Gasteiger partial charge in [0.1, 0.15) is 0 Å². The maximum absolute atomic E-state index is 12.1. The number of fused-ring (bicyclic) bond motifs is 1. The Balaban J connectivity index is 1.74. The predicted molar refractivity (Wildman–Crippen MR) is 93.2 cm³/mol. The molecule has 3 aromatic rings. The van der Waals surface area contributed by atoms with Crippen molar-refractivity contribution in [1.29, 1.82) is 5.26 Å². The number of thiazole rings is 1. The number of benzene rings is 2. The lowest BCUT2D eigenvalue weighted by Gasteiger charge is -2.07. The number of aromatic nitrogens is 1. The van der Waals surface area contributed by atoms with E-state index in [4.69, 9.17) is 16.9 Å². The van der Waals surface area contributed by atoms with Gasteiger partial charge >= 0.3 is 6.03 Å². The molecule has 0 aliphatic heterocycles. The number of hydrogen-bond acceptors (Lipinski definition) is 4. The molecule has 0 spiro atoms. The third-order valence-electron chi connectivity index (χ3n) is 3.11. The van der Waals surface area contributed by atoms with Gasteiger partial charge in [0.05, 0.1) is 32.6 Å². The second kappa shape index (κ2) is 6.24. The summed E-state index contributed by atoms with van der Waals surface area (Å²) in [5.74, 6) is 0. The van der Waals surface area contributed by atoms with Crippen LogP contribution in [-0.2, 0) is 0 Å². The summed E-state index contributed by atoms with van der Waals surface area (Å²) in [6.45, 7) is 2.01. The molecule has 0 aliphatic rings. The fourth-order valence-electron chi connectivity index (χ4n) is 2.02. The Morgan fingerprint density at radius 3 is 2.83 bits per heavy atom. The quantitative estimate of drug-likeness (QED) is 0.703. The summed E-state index contributed by atoms with van der Waals surface area (Å²) in [5.41, 5.74) is 2.84. The molecule has 5 nitrogen and oxygen atoms in total. The largest absolute Gasteiger partial charge is 0.325 e. The van der Waals surface area contributed by atoms with Gasteiger partial charge in [-0.3, -0.25) is 5.32 Å². The third kappa shape index (κ3) is 3.42. The molecule has 0 aliphatic carbocycles. The second-order valence-electron chi connectivity index (χ2n) is 4.88. The van der Waals surface area contributed by atoms with Gasteiger partial charge in [0.15, 0.2) is 5.13 Å². The Hall–Kier alpha value is -2.62. The Morgan fingerprint density at radius 2 is 2.09 bits per heavy atom. The maximum Gasteiger partial charge on any atom is 0.325 e. The number of carbonyl (C=O) groups excluding carboxylic acids is 1. The molecule has 3 rings (SSSR count). The third-order valence-corrected chi connectivity index (χ3v) is 4.36.